The molecule has 5 nitrogen and oxygen atoms in total. The Labute approximate surface area is 135 Å². The van der Waals surface area contributed by atoms with Crippen molar-refractivity contribution in [2.75, 3.05) is 12.4 Å². The van der Waals surface area contributed by atoms with Crippen LogP contribution >= 0.6 is 23.2 Å². The van der Waals surface area contributed by atoms with Crippen LogP contribution in [0.25, 0.3) is 10.9 Å². The molecule has 2 aromatic carbocycles. The van der Waals surface area contributed by atoms with E-state index in [2.05, 4.69) is 15.3 Å². The van der Waals surface area contributed by atoms with Crippen molar-refractivity contribution in [1.29, 1.82) is 0 Å². The minimum Gasteiger partial charge on any atom is -0.496 e. The molecular formula is C15H11Cl2N3O2. The summed E-state index contributed by atoms with van der Waals surface area (Å²) < 4.78 is 5.18. The third-order valence-electron chi connectivity index (χ3n) is 3.04. The molecule has 2 N–H and O–H groups in total. The SMILES string of the molecule is COc1cccc2nc(Nc3cc(Cl)cc(Cl)c3)[nH]c(=O)c12. The number of nitrogens with one attached hydrogen (secondary N) is 2. The van der Waals surface area contributed by atoms with Crippen molar-refractivity contribution in [2.45, 2.75) is 0 Å². The van der Waals surface area contributed by atoms with Crippen LogP contribution in [-0.2, 0) is 0 Å². The lowest BCUT2D eigenvalue weighted by Crippen LogP contribution is -2.12. The van der Waals surface area contributed by atoms with Gasteiger partial charge in [-0.2, -0.15) is 0 Å². The zero-order chi connectivity index (χ0) is 15.7. The number of halogens is 2. The minimum atomic E-state index is -0.293. The van der Waals surface area contributed by atoms with E-state index in [4.69, 9.17) is 27.9 Å². The average molecular weight is 336 g/mol. The van der Waals surface area contributed by atoms with E-state index in [9.17, 15) is 4.79 Å². The molecule has 0 aliphatic carbocycles. The van der Waals surface area contributed by atoms with E-state index in [-0.39, 0.29) is 5.56 Å². The molecule has 7 heteroatoms. The molecule has 3 aromatic rings. The molecule has 1 heterocycles. The number of benzene rings is 2. The minimum absolute atomic E-state index is 0.293. The van der Waals surface area contributed by atoms with Gasteiger partial charge in [-0.05, 0) is 30.3 Å². The summed E-state index contributed by atoms with van der Waals surface area (Å²) in [6, 6.07) is 10.2. The number of aromatic nitrogens is 2. The second-order valence-corrected chi connectivity index (χ2v) is 5.42. The number of hydrogen-bond acceptors (Lipinski definition) is 4. The quantitative estimate of drug-likeness (QED) is 0.759. The summed E-state index contributed by atoms with van der Waals surface area (Å²) in [6.07, 6.45) is 0. The number of anilines is 2. The van der Waals surface area contributed by atoms with E-state index < -0.39 is 0 Å². The van der Waals surface area contributed by atoms with E-state index in [1.807, 2.05) is 0 Å². The first-order valence-corrected chi connectivity index (χ1v) is 7.12. The summed E-state index contributed by atoms with van der Waals surface area (Å²) >= 11 is 11.9. The largest absolute Gasteiger partial charge is 0.496 e. The molecule has 0 aliphatic heterocycles. The van der Waals surface area contributed by atoms with Gasteiger partial charge in [-0.3, -0.25) is 9.78 Å². The average Bonchev–Trinajstić information content (AvgIpc) is 2.45. The van der Waals surface area contributed by atoms with Crippen molar-refractivity contribution in [3.63, 3.8) is 0 Å². The zero-order valence-corrected chi connectivity index (χ0v) is 13.0. The summed E-state index contributed by atoms with van der Waals surface area (Å²) in [5.74, 6) is 0.771. The van der Waals surface area contributed by atoms with Crippen molar-refractivity contribution in [2.24, 2.45) is 0 Å². The summed E-state index contributed by atoms with van der Waals surface area (Å²) in [5.41, 5.74) is 0.861. The fourth-order valence-electron chi connectivity index (χ4n) is 2.15. The second kappa shape index (κ2) is 5.87. The molecule has 0 bridgehead atoms. The molecule has 0 aliphatic rings. The maximum absolute atomic E-state index is 12.2. The van der Waals surface area contributed by atoms with Gasteiger partial charge in [-0.1, -0.05) is 29.3 Å². The Balaban J connectivity index is 2.07. The van der Waals surface area contributed by atoms with Crippen LogP contribution < -0.4 is 15.6 Å². The van der Waals surface area contributed by atoms with Crippen molar-refractivity contribution >= 4 is 45.7 Å². The van der Waals surface area contributed by atoms with Crippen LogP contribution in [0.4, 0.5) is 11.6 Å². The van der Waals surface area contributed by atoms with Crippen molar-refractivity contribution in [3.8, 4) is 5.75 Å². The predicted molar refractivity (Wildman–Crippen MR) is 88.7 cm³/mol. The number of H-pyrrole nitrogens is 1. The van der Waals surface area contributed by atoms with Crippen LogP contribution in [0.2, 0.25) is 10.0 Å². The van der Waals surface area contributed by atoms with Crippen LogP contribution in [0.15, 0.2) is 41.2 Å². The number of nitrogens with zero attached hydrogens (tertiary/aromatic N) is 1. The number of rotatable bonds is 3. The fourth-order valence-corrected chi connectivity index (χ4v) is 2.68. The topological polar surface area (TPSA) is 67.0 Å². The zero-order valence-electron chi connectivity index (χ0n) is 11.5. The normalized spacial score (nSPS) is 10.7. The third-order valence-corrected chi connectivity index (χ3v) is 3.48. The van der Waals surface area contributed by atoms with Gasteiger partial charge in [-0.25, -0.2) is 4.98 Å². The number of fused-ring (bicyclic) bond motifs is 1. The lowest BCUT2D eigenvalue weighted by atomic mass is 10.2. The fraction of sp³-hybridized carbons (Fsp3) is 0.0667. The molecule has 0 unspecified atom stereocenters. The Morgan fingerprint density at radius 3 is 2.59 bits per heavy atom. The van der Waals surface area contributed by atoms with E-state index in [1.165, 1.54) is 7.11 Å². The van der Waals surface area contributed by atoms with Gasteiger partial charge in [0, 0.05) is 15.7 Å². The first-order valence-electron chi connectivity index (χ1n) is 6.37. The lowest BCUT2D eigenvalue weighted by Gasteiger charge is -2.09. The smallest absolute Gasteiger partial charge is 0.263 e. The van der Waals surface area contributed by atoms with Crippen molar-refractivity contribution < 1.29 is 4.74 Å². The monoisotopic (exact) mass is 335 g/mol. The van der Waals surface area contributed by atoms with Gasteiger partial charge < -0.3 is 10.1 Å². The molecule has 0 spiro atoms. The first-order chi connectivity index (χ1) is 10.6. The first kappa shape index (κ1) is 14.7. The number of hydrogen-bond donors (Lipinski definition) is 2. The molecule has 22 heavy (non-hydrogen) atoms. The van der Waals surface area contributed by atoms with Crippen LogP contribution in [0, 0.1) is 0 Å². The molecule has 0 saturated carbocycles. The van der Waals surface area contributed by atoms with E-state index in [1.54, 1.807) is 36.4 Å². The molecule has 112 valence electrons. The van der Waals surface area contributed by atoms with E-state index in [0.717, 1.165) is 0 Å². The van der Waals surface area contributed by atoms with Gasteiger partial charge in [0.1, 0.15) is 11.1 Å². The molecular weight excluding hydrogens is 325 g/mol. The van der Waals surface area contributed by atoms with E-state index in [0.29, 0.717) is 38.3 Å². The molecule has 3 rings (SSSR count). The number of methoxy groups -OCH3 is 1. The summed E-state index contributed by atoms with van der Waals surface area (Å²) in [7, 11) is 1.51. The highest BCUT2D eigenvalue weighted by Crippen LogP contribution is 2.25. The highest BCUT2D eigenvalue weighted by atomic mass is 35.5. The lowest BCUT2D eigenvalue weighted by molar-refractivity contribution is 0.419. The number of aromatic amines is 1. The summed E-state index contributed by atoms with van der Waals surface area (Å²) in [5, 5.41) is 4.35. The molecule has 0 fully saturated rings. The molecule has 0 saturated heterocycles. The number of ether oxygens (including phenoxy) is 1. The van der Waals surface area contributed by atoms with Crippen LogP contribution in [0.3, 0.4) is 0 Å². The molecule has 0 amide bonds. The second-order valence-electron chi connectivity index (χ2n) is 4.55. The maximum Gasteiger partial charge on any atom is 0.263 e. The van der Waals surface area contributed by atoms with Gasteiger partial charge >= 0.3 is 0 Å². The van der Waals surface area contributed by atoms with Crippen molar-refractivity contribution in [3.05, 3.63) is 56.8 Å². The summed E-state index contributed by atoms with van der Waals surface area (Å²) in [4.78, 5) is 19.3. The highest BCUT2D eigenvalue weighted by molar-refractivity contribution is 6.35. The maximum atomic E-state index is 12.2. The van der Waals surface area contributed by atoms with Crippen LogP contribution in [-0.4, -0.2) is 17.1 Å². The van der Waals surface area contributed by atoms with Crippen molar-refractivity contribution in [1.82, 2.24) is 9.97 Å². The Hall–Kier alpha value is -2.24. The molecule has 0 atom stereocenters. The highest BCUT2D eigenvalue weighted by Gasteiger charge is 2.09. The summed E-state index contributed by atoms with van der Waals surface area (Å²) in [6.45, 7) is 0. The van der Waals surface area contributed by atoms with Gasteiger partial charge in [0.25, 0.3) is 5.56 Å². The Bertz CT molecular complexity index is 889. The van der Waals surface area contributed by atoms with Gasteiger partial charge in [0.15, 0.2) is 0 Å². The molecule has 1 aromatic heterocycles. The standard InChI is InChI=1S/C15H11Cl2N3O2/c1-22-12-4-2-3-11-13(12)14(21)20-15(19-11)18-10-6-8(16)5-9(17)7-10/h2-7H,1H3,(H2,18,19,20,21). The van der Waals surface area contributed by atoms with Crippen LogP contribution in [0.5, 0.6) is 5.75 Å². The Kier molecular flexibility index (Phi) is 3.92. The van der Waals surface area contributed by atoms with Gasteiger partial charge in [-0.15, -0.1) is 0 Å². The van der Waals surface area contributed by atoms with Gasteiger partial charge in [0.2, 0.25) is 5.95 Å². The molecule has 0 radical (unpaired) electrons. The predicted octanol–water partition coefficient (Wildman–Crippen LogP) is 3.98. The van der Waals surface area contributed by atoms with E-state index >= 15 is 0 Å². The van der Waals surface area contributed by atoms with Gasteiger partial charge in [0.05, 0.1) is 12.6 Å². The Morgan fingerprint density at radius 2 is 1.91 bits per heavy atom. The Morgan fingerprint density at radius 1 is 1.18 bits per heavy atom. The van der Waals surface area contributed by atoms with Crippen LogP contribution in [0.1, 0.15) is 0 Å². The third kappa shape index (κ3) is 2.86.